The van der Waals surface area contributed by atoms with Crippen LogP contribution in [0.25, 0.3) is 0 Å². The van der Waals surface area contributed by atoms with E-state index in [-0.39, 0.29) is 17.2 Å². The molecule has 1 atom stereocenters. The van der Waals surface area contributed by atoms with Crippen molar-refractivity contribution in [3.63, 3.8) is 0 Å². The van der Waals surface area contributed by atoms with Gasteiger partial charge in [-0.1, -0.05) is 42.5 Å². The van der Waals surface area contributed by atoms with Crippen molar-refractivity contribution in [1.82, 2.24) is 9.80 Å². The molecule has 4 nitrogen and oxygen atoms in total. The molecule has 0 radical (unpaired) electrons. The Hall–Kier alpha value is -2.27. The summed E-state index contributed by atoms with van der Waals surface area (Å²) in [4.78, 5) is 28.7. The molecule has 0 unspecified atom stereocenters. The fraction of sp³-hybridized carbons (Fsp3) is 0.333. The fourth-order valence-electron chi connectivity index (χ4n) is 3.57. The van der Waals surface area contributed by atoms with Crippen LogP contribution in [0.15, 0.2) is 54.6 Å². The van der Waals surface area contributed by atoms with Gasteiger partial charge in [-0.05, 0) is 36.1 Å². The molecule has 2 aliphatic rings. The molecule has 2 heterocycles. The SMILES string of the molecule is O=C(c1ccc([C@H]2SCC(=O)N2Cc2ccccc2)cc1)N1CCCC1. The van der Waals surface area contributed by atoms with E-state index in [0.717, 1.165) is 42.6 Å². The Morgan fingerprint density at radius 2 is 1.69 bits per heavy atom. The van der Waals surface area contributed by atoms with Gasteiger partial charge in [0.05, 0.1) is 5.75 Å². The molecule has 26 heavy (non-hydrogen) atoms. The van der Waals surface area contributed by atoms with Crippen LogP contribution in [-0.4, -0.2) is 40.5 Å². The van der Waals surface area contributed by atoms with Crippen molar-refractivity contribution in [2.45, 2.75) is 24.8 Å². The van der Waals surface area contributed by atoms with Crippen LogP contribution >= 0.6 is 11.8 Å². The van der Waals surface area contributed by atoms with Crippen molar-refractivity contribution in [2.75, 3.05) is 18.8 Å². The van der Waals surface area contributed by atoms with Crippen LogP contribution < -0.4 is 0 Å². The average molecular weight is 366 g/mol. The Balaban J connectivity index is 1.50. The summed E-state index contributed by atoms with van der Waals surface area (Å²) in [5.74, 6) is 0.790. The molecule has 2 aromatic carbocycles. The van der Waals surface area contributed by atoms with Gasteiger partial charge in [-0.15, -0.1) is 11.8 Å². The number of amides is 2. The van der Waals surface area contributed by atoms with Crippen molar-refractivity contribution in [3.05, 3.63) is 71.3 Å². The maximum absolute atomic E-state index is 12.5. The molecule has 0 bridgehead atoms. The third kappa shape index (κ3) is 3.49. The number of carbonyl (C=O) groups excluding carboxylic acids is 2. The molecule has 0 N–H and O–H groups in total. The number of hydrogen-bond acceptors (Lipinski definition) is 3. The van der Waals surface area contributed by atoms with Gasteiger partial charge in [-0.25, -0.2) is 0 Å². The summed E-state index contributed by atoms with van der Waals surface area (Å²) in [7, 11) is 0. The van der Waals surface area contributed by atoms with Crippen molar-refractivity contribution in [3.8, 4) is 0 Å². The first kappa shape index (κ1) is 17.2. The molecular formula is C21H22N2O2S. The van der Waals surface area contributed by atoms with E-state index in [1.807, 2.05) is 64.4 Å². The van der Waals surface area contributed by atoms with Gasteiger partial charge in [-0.2, -0.15) is 0 Å². The van der Waals surface area contributed by atoms with Crippen LogP contribution in [0, 0.1) is 0 Å². The maximum Gasteiger partial charge on any atom is 0.253 e. The van der Waals surface area contributed by atoms with E-state index in [1.165, 1.54) is 0 Å². The summed E-state index contributed by atoms with van der Waals surface area (Å²) >= 11 is 1.65. The molecule has 4 rings (SSSR count). The van der Waals surface area contributed by atoms with Crippen LogP contribution in [0.3, 0.4) is 0 Å². The number of nitrogens with zero attached hydrogens (tertiary/aromatic N) is 2. The summed E-state index contributed by atoms with van der Waals surface area (Å²) in [6.45, 7) is 2.34. The second kappa shape index (κ2) is 7.54. The lowest BCUT2D eigenvalue weighted by Gasteiger charge is -2.24. The van der Waals surface area contributed by atoms with Gasteiger partial charge in [0.1, 0.15) is 5.37 Å². The Morgan fingerprint density at radius 3 is 2.38 bits per heavy atom. The monoisotopic (exact) mass is 366 g/mol. The van der Waals surface area contributed by atoms with E-state index in [0.29, 0.717) is 12.3 Å². The quantitative estimate of drug-likeness (QED) is 0.828. The molecule has 2 aliphatic heterocycles. The minimum atomic E-state index is 0.0126. The Morgan fingerprint density at radius 1 is 1.00 bits per heavy atom. The van der Waals surface area contributed by atoms with Gasteiger partial charge < -0.3 is 9.80 Å². The summed E-state index contributed by atoms with van der Waals surface area (Å²) in [6.07, 6.45) is 2.19. The lowest BCUT2D eigenvalue weighted by atomic mass is 10.1. The Kier molecular flexibility index (Phi) is 4.98. The van der Waals surface area contributed by atoms with E-state index in [2.05, 4.69) is 0 Å². The standard InChI is InChI=1S/C21H22N2O2S/c24-19-15-26-21(23(19)14-16-6-2-1-3-7-16)18-10-8-17(9-11-18)20(25)22-12-4-5-13-22/h1-3,6-11,21H,4-5,12-15H2/t21-/m1/s1. The third-order valence-corrected chi connectivity index (χ3v) is 6.26. The molecule has 2 saturated heterocycles. The zero-order valence-electron chi connectivity index (χ0n) is 14.6. The van der Waals surface area contributed by atoms with E-state index in [1.54, 1.807) is 11.8 Å². The molecule has 2 aromatic rings. The van der Waals surface area contributed by atoms with Gasteiger partial charge >= 0.3 is 0 Å². The maximum atomic E-state index is 12.5. The normalized spacial score (nSPS) is 20.0. The van der Waals surface area contributed by atoms with Crippen molar-refractivity contribution < 1.29 is 9.59 Å². The lowest BCUT2D eigenvalue weighted by Crippen LogP contribution is -2.28. The molecule has 0 spiro atoms. The van der Waals surface area contributed by atoms with Crippen molar-refractivity contribution in [1.29, 1.82) is 0 Å². The molecular weight excluding hydrogens is 344 g/mol. The van der Waals surface area contributed by atoms with Gasteiger partial charge in [-0.3, -0.25) is 9.59 Å². The van der Waals surface area contributed by atoms with Gasteiger partial charge in [0.15, 0.2) is 0 Å². The number of hydrogen-bond donors (Lipinski definition) is 0. The molecule has 0 aliphatic carbocycles. The van der Waals surface area contributed by atoms with E-state index in [4.69, 9.17) is 0 Å². The summed E-state index contributed by atoms with van der Waals surface area (Å²) < 4.78 is 0. The number of likely N-dealkylation sites (tertiary alicyclic amines) is 1. The molecule has 2 fully saturated rings. The van der Waals surface area contributed by atoms with Gasteiger partial charge in [0.2, 0.25) is 5.91 Å². The summed E-state index contributed by atoms with van der Waals surface area (Å²) in [5.41, 5.74) is 2.95. The highest BCUT2D eigenvalue weighted by Gasteiger charge is 2.32. The second-order valence-electron chi connectivity index (χ2n) is 6.79. The lowest BCUT2D eigenvalue weighted by molar-refractivity contribution is -0.128. The summed E-state index contributed by atoms with van der Waals surface area (Å²) in [5, 5.41) is 0.0126. The smallest absolute Gasteiger partial charge is 0.253 e. The average Bonchev–Trinajstić information content (AvgIpc) is 3.33. The highest BCUT2D eigenvalue weighted by molar-refractivity contribution is 8.00. The van der Waals surface area contributed by atoms with Crippen LogP contribution in [0.5, 0.6) is 0 Å². The first-order valence-corrected chi connectivity index (χ1v) is 10.1. The van der Waals surface area contributed by atoms with Gasteiger partial charge in [0, 0.05) is 25.2 Å². The molecule has 0 saturated carbocycles. The molecule has 5 heteroatoms. The molecule has 0 aromatic heterocycles. The van der Waals surface area contributed by atoms with Crippen LogP contribution in [-0.2, 0) is 11.3 Å². The predicted octanol–water partition coefficient (Wildman–Crippen LogP) is 3.70. The highest BCUT2D eigenvalue weighted by Crippen LogP contribution is 2.39. The van der Waals surface area contributed by atoms with Crippen LogP contribution in [0.4, 0.5) is 0 Å². The van der Waals surface area contributed by atoms with E-state index in [9.17, 15) is 9.59 Å². The number of carbonyl (C=O) groups is 2. The predicted molar refractivity (Wildman–Crippen MR) is 104 cm³/mol. The molecule has 2 amide bonds. The fourth-order valence-corrected chi connectivity index (χ4v) is 4.76. The van der Waals surface area contributed by atoms with E-state index < -0.39 is 0 Å². The highest BCUT2D eigenvalue weighted by atomic mass is 32.2. The zero-order valence-corrected chi connectivity index (χ0v) is 15.5. The zero-order chi connectivity index (χ0) is 17.9. The summed E-state index contributed by atoms with van der Waals surface area (Å²) in [6, 6.07) is 17.9. The minimum Gasteiger partial charge on any atom is -0.339 e. The Labute approximate surface area is 158 Å². The molecule has 134 valence electrons. The van der Waals surface area contributed by atoms with E-state index >= 15 is 0 Å². The minimum absolute atomic E-state index is 0.0126. The Bertz CT molecular complexity index is 785. The van der Waals surface area contributed by atoms with Crippen molar-refractivity contribution in [2.24, 2.45) is 0 Å². The van der Waals surface area contributed by atoms with Crippen molar-refractivity contribution >= 4 is 23.6 Å². The van der Waals surface area contributed by atoms with Crippen LogP contribution in [0.1, 0.15) is 39.7 Å². The first-order chi connectivity index (χ1) is 12.7. The van der Waals surface area contributed by atoms with Crippen LogP contribution in [0.2, 0.25) is 0 Å². The number of rotatable bonds is 4. The topological polar surface area (TPSA) is 40.6 Å². The largest absolute Gasteiger partial charge is 0.339 e. The van der Waals surface area contributed by atoms with Gasteiger partial charge in [0.25, 0.3) is 5.91 Å². The third-order valence-electron chi connectivity index (χ3n) is 5.00. The first-order valence-electron chi connectivity index (χ1n) is 9.06. The second-order valence-corrected chi connectivity index (χ2v) is 7.86. The number of thioether (sulfide) groups is 1. The number of benzene rings is 2.